The molecule has 0 aliphatic carbocycles. The molecule has 9 heteroatoms. The van der Waals surface area contributed by atoms with Crippen LogP contribution in [-0.2, 0) is 11.2 Å². The Morgan fingerprint density at radius 3 is 2.57 bits per heavy atom. The third-order valence-electron chi connectivity index (χ3n) is 5.07. The molecule has 1 aromatic rings. The molecule has 1 fully saturated rings. The summed E-state index contributed by atoms with van der Waals surface area (Å²) in [6.45, 7) is 5.17. The standard InChI is InChI=1S/C21H34N4O4.HI/c1-5-23-21(25-12-6-7-15(14-25)13-18(22)26)24-11-10-16-8-9-17(27-2)20(29-4)19(16)28-3;/h8-9,15H,5-7,10-14H2,1-4H3,(H2,22,26)(H,23,24);1H. The number of methoxy groups -OCH3 is 3. The Labute approximate surface area is 196 Å². The number of benzene rings is 1. The molecule has 1 unspecified atom stereocenters. The molecule has 1 aliphatic heterocycles. The summed E-state index contributed by atoms with van der Waals surface area (Å²) in [5.74, 6) is 2.83. The van der Waals surface area contributed by atoms with Crippen LogP contribution in [0.1, 0.15) is 31.7 Å². The van der Waals surface area contributed by atoms with E-state index >= 15 is 0 Å². The highest BCUT2D eigenvalue weighted by Gasteiger charge is 2.23. The molecule has 0 spiro atoms. The highest BCUT2D eigenvalue weighted by atomic mass is 127. The van der Waals surface area contributed by atoms with Crippen LogP contribution >= 0.6 is 24.0 Å². The van der Waals surface area contributed by atoms with Gasteiger partial charge in [0.1, 0.15) is 0 Å². The molecule has 0 aromatic heterocycles. The Kier molecular flexibility index (Phi) is 11.7. The number of ether oxygens (including phenoxy) is 3. The van der Waals surface area contributed by atoms with Crippen LogP contribution in [-0.4, -0.2) is 64.3 Å². The minimum absolute atomic E-state index is 0. The van der Waals surface area contributed by atoms with Crippen LogP contribution in [0.25, 0.3) is 0 Å². The number of nitrogens with one attached hydrogen (secondary N) is 1. The van der Waals surface area contributed by atoms with Crippen LogP contribution < -0.4 is 25.3 Å². The first kappa shape index (κ1) is 26.1. The highest BCUT2D eigenvalue weighted by molar-refractivity contribution is 14.0. The van der Waals surface area contributed by atoms with E-state index in [1.54, 1.807) is 21.3 Å². The summed E-state index contributed by atoms with van der Waals surface area (Å²) in [5.41, 5.74) is 6.39. The van der Waals surface area contributed by atoms with Gasteiger partial charge in [0.05, 0.1) is 21.3 Å². The molecule has 30 heavy (non-hydrogen) atoms. The van der Waals surface area contributed by atoms with Gasteiger partial charge in [-0.05, 0) is 38.2 Å². The van der Waals surface area contributed by atoms with E-state index in [0.717, 1.165) is 44.0 Å². The van der Waals surface area contributed by atoms with Gasteiger partial charge in [-0.25, -0.2) is 0 Å². The number of carbonyl (C=O) groups is 1. The molecular weight excluding hydrogens is 499 g/mol. The first-order valence-electron chi connectivity index (χ1n) is 10.1. The Hall–Kier alpha value is -1.91. The van der Waals surface area contributed by atoms with Gasteiger partial charge in [0.25, 0.3) is 0 Å². The SMILES string of the molecule is CCNC(=NCCc1ccc(OC)c(OC)c1OC)N1CCCC(CC(N)=O)C1.I. The van der Waals surface area contributed by atoms with Crippen molar-refractivity contribution >= 4 is 35.8 Å². The second-order valence-corrected chi connectivity index (χ2v) is 7.10. The number of hydrogen-bond acceptors (Lipinski definition) is 5. The van der Waals surface area contributed by atoms with Crippen LogP contribution in [0, 0.1) is 5.92 Å². The van der Waals surface area contributed by atoms with Gasteiger partial charge in [0.15, 0.2) is 17.5 Å². The van der Waals surface area contributed by atoms with E-state index in [9.17, 15) is 4.79 Å². The number of carbonyl (C=O) groups excluding carboxylic acids is 1. The van der Waals surface area contributed by atoms with Crippen molar-refractivity contribution in [3.05, 3.63) is 17.7 Å². The Bertz CT molecular complexity index is 714. The number of likely N-dealkylation sites (tertiary alicyclic amines) is 1. The lowest BCUT2D eigenvalue weighted by Gasteiger charge is -2.34. The average Bonchev–Trinajstić information content (AvgIpc) is 2.72. The van der Waals surface area contributed by atoms with Crippen molar-refractivity contribution in [2.45, 2.75) is 32.6 Å². The number of piperidine rings is 1. The largest absolute Gasteiger partial charge is 0.493 e. The molecule has 1 heterocycles. The van der Waals surface area contributed by atoms with E-state index in [1.807, 2.05) is 12.1 Å². The molecule has 2 rings (SSSR count). The molecule has 1 atom stereocenters. The van der Waals surface area contributed by atoms with Crippen molar-refractivity contribution in [3.63, 3.8) is 0 Å². The molecule has 1 amide bonds. The maximum Gasteiger partial charge on any atom is 0.217 e. The third kappa shape index (κ3) is 7.10. The predicted octanol–water partition coefficient (Wildman–Crippen LogP) is 2.43. The molecule has 0 saturated carbocycles. The number of aliphatic imine (C=N–C) groups is 1. The fourth-order valence-corrected chi connectivity index (χ4v) is 3.78. The predicted molar refractivity (Wildman–Crippen MR) is 129 cm³/mol. The smallest absolute Gasteiger partial charge is 0.217 e. The van der Waals surface area contributed by atoms with Gasteiger partial charge in [-0.15, -0.1) is 24.0 Å². The third-order valence-corrected chi connectivity index (χ3v) is 5.07. The molecule has 3 N–H and O–H groups in total. The van der Waals surface area contributed by atoms with E-state index in [-0.39, 0.29) is 35.8 Å². The van der Waals surface area contributed by atoms with Gasteiger partial charge >= 0.3 is 0 Å². The lowest BCUT2D eigenvalue weighted by molar-refractivity contribution is -0.119. The number of guanidine groups is 1. The van der Waals surface area contributed by atoms with Crippen molar-refractivity contribution < 1.29 is 19.0 Å². The Morgan fingerprint density at radius 1 is 1.23 bits per heavy atom. The molecule has 1 saturated heterocycles. The van der Waals surface area contributed by atoms with Crippen LogP contribution in [0.3, 0.4) is 0 Å². The number of nitrogens with zero attached hydrogens (tertiary/aromatic N) is 2. The summed E-state index contributed by atoms with van der Waals surface area (Å²) in [4.78, 5) is 18.3. The van der Waals surface area contributed by atoms with E-state index in [1.165, 1.54) is 0 Å². The molecule has 0 bridgehead atoms. The number of rotatable bonds is 9. The van der Waals surface area contributed by atoms with Crippen LogP contribution in [0.2, 0.25) is 0 Å². The summed E-state index contributed by atoms with van der Waals surface area (Å²) in [6, 6.07) is 3.86. The lowest BCUT2D eigenvalue weighted by atomic mass is 9.95. The number of hydrogen-bond donors (Lipinski definition) is 2. The van der Waals surface area contributed by atoms with Gasteiger partial charge in [0, 0.05) is 38.2 Å². The molecule has 1 aromatic carbocycles. The fourth-order valence-electron chi connectivity index (χ4n) is 3.78. The minimum atomic E-state index is -0.237. The first-order valence-corrected chi connectivity index (χ1v) is 10.1. The van der Waals surface area contributed by atoms with Crippen molar-refractivity contribution in [1.82, 2.24) is 10.2 Å². The molecule has 8 nitrogen and oxygen atoms in total. The quantitative estimate of drug-likeness (QED) is 0.287. The molecular formula is C21H35IN4O4. The van der Waals surface area contributed by atoms with Crippen LogP contribution in [0.5, 0.6) is 17.2 Å². The first-order chi connectivity index (χ1) is 14.0. The van der Waals surface area contributed by atoms with Crippen molar-refractivity contribution in [3.8, 4) is 17.2 Å². The van der Waals surface area contributed by atoms with Gasteiger partial charge in [-0.3, -0.25) is 9.79 Å². The van der Waals surface area contributed by atoms with Gasteiger partial charge < -0.3 is 30.2 Å². The molecule has 0 radical (unpaired) electrons. The summed E-state index contributed by atoms with van der Waals surface area (Å²) in [6.07, 6.45) is 3.20. The summed E-state index contributed by atoms with van der Waals surface area (Å²) in [5, 5.41) is 3.37. The topological polar surface area (TPSA) is 98.4 Å². The lowest BCUT2D eigenvalue weighted by Crippen LogP contribution is -2.47. The highest BCUT2D eigenvalue weighted by Crippen LogP contribution is 2.39. The number of halogens is 1. The maximum absolute atomic E-state index is 11.3. The zero-order valence-electron chi connectivity index (χ0n) is 18.4. The summed E-state index contributed by atoms with van der Waals surface area (Å²) >= 11 is 0. The fraction of sp³-hybridized carbons (Fsp3) is 0.619. The molecule has 170 valence electrons. The maximum atomic E-state index is 11.3. The van der Waals surface area contributed by atoms with Crippen molar-refractivity contribution in [1.29, 1.82) is 0 Å². The summed E-state index contributed by atoms with van der Waals surface area (Å²) < 4.78 is 16.4. The normalized spacial score (nSPS) is 16.5. The number of primary amides is 1. The zero-order chi connectivity index (χ0) is 21.2. The zero-order valence-corrected chi connectivity index (χ0v) is 20.7. The monoisotopic (exact) mass is 534 g/mol. The second kappa shape index (κ2) is 13.4. The van der Waals surface area contributed by atoms with Crippen LogP contribution in [0.15, 0.2) is 17.1 Å². The second-order valence-electron chi connectivity index (χ2n) is 7.10. The van der Waals surface area contributed by atoms with Crippen molar-refractivity contribution in [2.75, 3.05) is 47.5 Å². The molecule has 1 aliphatic rings. The van der Waals surface area contributed by atoms with Crippen molar-refractivity contribution in [2.24, 2.45) is 16.6 Å². The van der Waals surface area contributed by atoms with E-state index < -0.39 is 0 Å². The Morgan fingerprint density at radius 2 is 1.97 bits per heavy atom. The summed E-state index contributed by atoms with van der Waals surface area (Å²) in [7, 11) is 4.83. The van der Waals surface area contributed by atoms with Gasteiger partial charge in [-0.2, -0.15) is 0 Å². The van der Waals surface area contributed by atoms with Crippen LogP contribution in [0.4, 0.5) is 0 Å². The van der Waals surface area contributed by atoms with E-state index in [2.05, 4.69) is 17.1 Å². The van der Waals surface area contributed by atoms with Gasteiger partial charge in [0.2, 0.25) is 11.7 Å². The minimum Gasteiger partial charge on any atom is -0.493 e. The van der Waals surface area contributed by atoms with Gasteiger partial charge in [-0.1, -0.05) is 6.07 Å². The number of amides is 1. The number of nitrogens with two attached hydrogens (primary N) is 1. The Balaban J connectivity index is 0.00000450. The average molecular weight is 534 g/mol. The van der Waals surface area contributed by atoms with E-state index in [0.29, 0.717) is 36.6 Å². The van der Waals surface area contributed by atoms with E-state index in [4.69, 9.17) is 24.9 Å².